The third-order valence-electron chi connectivity index (χ3n) is 3.30. The quantitative estimate of drug-likeness (QED) is 0.742. The van der Waals surface area contributed by atoms with Crippen molar-refractivity contribution in [2.75, 3.05) is 13.7 Å². The van der Waals surface area contributed by atoms with Crippen LogP contribution in [-0.2, 0) is 16.0 Å². The lowest BCUT2D eigenvalue weighted by Gasteiger charge is -2.14. The molecular weight excluding hydrogens is 256 g/mol. The minimum Gasteiger partial charge on any atom is -0.465 e. The molecule has 0 saturated carbocycles. The van der Waals surface area contributed by atoms with Crippen LogP contribution in [0.5, 0.6) is 0 Å². The Balaban J connectivity index is 2.52. The van der Waals surface area contributed by atoms with Crippen LogP contribution >= 0.6 is 0 Å². The predicted octanol–water partition coefficient (Wildman–Crippen LogP) is 2.38. The van der Waals surface area contributed by atoms with Gasteiger partial charge in [-0.2, -0.15) is 0 Å². The molecule has 0 aliphatic carbocycles. The standard InChI is InChI=1S/C16H22O4/c1-12(18)4-3-5-14(11-17)10-13-6-8-15(9-7-13)16(19)20-2/h6-9,14,17H,3-5,10-11H2,1-2H3. The number of benzene rings is 1. The van der Waals surface area contributed by atoms with E-state index in [-0.39, 0.29) is 24.3 Å². The zero-order valence-corrected chi connectivity index (χ0v) is 12.1. The van der Waals surface area contributed by atoms with Crippen molar-refractivity contribution in [2.24, 2.45) is 5.92 Å². The topological polar surface area (TPSA) is 63.6 Å². The zero-order valence-electron chi connectivity index (χ0n) is 12.1. The van der Waals surface area contributed by atoms with Gasteiger partial charge in [-0.05, 0) is 49.8 Å². The average molecular weight is 278 g/mol. The number of carbonyl (C=O) groups is 2. The number of aliphatic hydroxyl groups is 1. The Morgan fingerprint density at radius 3 is 2.40 bits per heavy atom. The SMILES string of the molecule is COC(=O)c1ccc(CC(CO)CCCC(C)=O)cc1. The molecule has 0 fully saturated rings. The molecule has 20 heavy (non-hydrogen) atoms. The summed E-state index contributed by atoms with van der Waals surface area (Å²) in [6.45, 7) is 1.69. The summed E-state index contributed by atoms with van der Waals surface area (Å²) in [6, 6.07) is 7.20. The van der Waals surface area contributed by atoms with Crippen molar-refractivity contribution in [3.63, 3.8) is 0 Å². The van der Waals surface area contributed by atoms with Gasteiger partial charge in [0.1, 0.15) is 5.78 Å². The first-order chi connectivity index (χ1) is 9.56. The highest BCUT2D eigenvalue weighted by Gasteiger charge is 2.10. The Morgan fingerprint density at radius 1 is 1.25 bits per heavy atom. The summed E-state index contributed by atoms with van der Waals surface area (Å²) in [5, 5.41) is 9.37. The Hall–Kier alpha value is -1.68. The summed E-state index contributed by atoms with van der Waals surface area (Å²) in [5.41, 5.74) is 1.59. The fourth-order valence-electron chi connectivity index (χ4n) is 2.13. The molecule has 0 radical (unpaired) electrons. The van der Waals surface area contributed by atoms with Gasteiger partial charge in [0.15, 0.2) is 0 Å². The smallest absolute Gasteiger partial charge is 0.337 e. The average Bonchev–Trinajstić information content (AvgIpc) is 2.45. The van der Waals surface area contributed by atoms with Crippen molar-refractivity contribution in [2.45, 2.75) is 32.6 Å². The van der Waals surface area contributed by atoms with Crippen LogP contribution in [0.1, 0.15) is 42.1 Å². The molecule has 1 aromatic rings. The van der Waals surface area contributed by atoms with Crippen LogP contribution in [0.15, 0.2) is 24.3 Å². The summed E-state index contributed by atoms with van der Waals surface area (Å²) in [7, 11) is 1.35. The molecule has 1 unspecified atom stereocenters. The number of methoxy groups -OCH3 is 1. The van der Waals surface area contributed by atoms with Crippen LogP contribution in [0.4, 0.5) is 0 Å². The molecule has 1 rings (SSSR count). The monoisotopic (exact) mass is 278 g/mol. The molecule has 0 spiro atoms. The van der Waals surface area contributed by atoms with Gasteiger partial charge in [0, 0.05) is 13.0 Å². The van der Waals surface area contributed by atoms with Crippen LogP contribution in [0.25, 0.3) is 0 Å². The number of Topliss-reactive ketones (excluding diaryl/α,β-unsaturated/α-hetero) is 1. The highest BCUT2D eigenvalue weighted by Crippen LogP contribution is 2.16. The Morgan fingerprint density at radius 2 is 1.90 bits per heavy atom. The van der Waals surface area contributed by atoms with Gasteiger partial charge in [0.25, 0.3) is 0 Å². The fraction of sp³-hybridized carbons (Fsp3) is 0.500. The van der Waals surface area contributed by atoms with Crippen molar-refractivity contribution in [1.82, 2.24) is 0 Å². The number of carbonyl (C=O) groups excluding carboxylic acids is 2. The van der Waals surface area contributed by atoms with Gasteiger partial charge in [-0.25, -0.2) is 4.79 Å². The number of hydrogen-bond donors (Lipinski definition) is 1. The van der Waals surface area contributed by atoms with Crippen LogP contribution in [0.3, 0.4) is 0 Å². The lowest BCUT2D eigenvalue weighted by atomic mass is 9.94. The summed E-state index contributed by atoms with van der Waals surface area (Å²) >= 11 is 0. The van der Waals surface area contributed by atoms with Crippen molar-refractivity contribution >= 4 is 11.8 Å². The zero-order chi connectivity index (χ0) is 15.0. The number of rotatable bonds is 8. The largest absolute Gasteiger partial charge is 0.465 e. The lowest BCUT2D eigenvalue weighted by molar-refractivity contribution is -0.117. The van der Waals surface area contributed by atoms with E-state index in [9.17, 15) is 14.7 Å². The van der Waals surface area contributed by atoms with Gasteiger partial charge in [-0.15, -0.1) is 0 Å². The molecule has 4 nitrogen and oxygen atoms in total. The highest BCUT2D eigenvalue weighted by atomic mass is 16.5. The number of hydrogen-bond acceptors (Lipinski definition) is 4. The highest BCUT2D eigenvalue weighted by molar-refractivity contribution is 5.89. The van der Waals surface area contributed by atoms with Gasteiger partial charge in [-0.1, -0.05) is 12.1 Å². The van der Waals surface area contributed by atoms with Gasteiger partial charge in [0.05, 0.1) is 12.7 Å². The molecule has 1 aromatic carbocycles. The molecule has 0 aliphatic rings. The van der Waals surface area contributed by atoms with E-state index in [0.29, 0.717) is 12.0 Å². The van der Waals surface area contributed by atoms with Gasteiger partial charge >= 0.3 is 5.97 Å². The Kier molecular flexibility index (Phi) is 6.94. The maximum atomic E-state index is 11.3. The second kappa shape index (κ2) is 8.48. The predicted molar refractivity (Wildman–Crippen MR) is 76.6 cm³/mol. The Bertz CT molecular complexity index is 436. The molecule has 0 bridgehead atoms. The maximum absolute atomic E-state index is 11.3. The Labute approximate surface area is 119 Å². The van der Waals surface area contributed by atoms with E-state index >= 15 is 0 Å². The summed E-state index contributed by atoms with van der Waals surface area (Å²) in [4.78, 5) is 22.2. The molecule has 1 atom stereocenters. The normalized spacial score (nSPS) is 11.9. The molecule has 0 amide bonds. The summed E-state index contributed by atoms with van der Waals surface area (Å²) < 4.78 is 4.64. The maximum Gasteiger partial charge on any atom is 0.337 e. The molecular formula is C16H22O4. The van der Waals surface area contributed by atoms with Crippen molar-refractivity contribution in [3.8, 4) is 0 Å². The van der Waals surface area contributed by atoms with E-state index in [2.05, 4.69) is 4.74 Å². The third-order valence-corrected chi connectivity index (χ3v) is 3.30. The number of esters is 1. The molecule has 1 N–H and O–H groups in total. The first-order valence-corrected chi connectivity index (χ1v) is 6.84. The fourth-order valence-corrected chi connectivity index (χ4v) is 2.13. The van der Waals surface area contributed by atoms with Crippen LogP contribution < -0.4 is 0 Å². The number of ketones is 1. The molecule has 4 heteroatoms. The van der Waals surface area contributed by atoms with Crippen molar-refractivity contribution in [3.05, 3.63) is 35.4 Å². The molecule has 0 aromatic heterocycles. The minimum atomic E-state index is -0.350. The van der Waals surface area contributed by atoms with E-state index in [4.69, 9.17) is 0 Å². The third kappa shape index (κ3) is 5.53. The van der Waals surface area contributed by atoms with E-state index in [1.54, 1.807) is 19.1 Å². The molecule has 0 heterocycles. The summed E-state index contributed by atoms with van der Waals surface area (Å²) in [5.74, 6) is -0.0147. The van der Waals surface area contributed by atoms with Gasteiger partial charge in [0.2, 0.25) is 0 Å². The van der Waals surface area contributed by atoms with Crippen LogP contribution in [0, 0.1) is 5.92 Å². The number of ether oxygens (including phenoxy) is 1. The molecule has 0 aliphatic heterocycles. The van der Waals surface area contributed by atoms with Crippen LogP contribution in [-0.4, -0.2) is 30.6 Å². The van der Waals surface area contributed by atoms with Crippen molar-refractivity contribution in [1.29, 1.82) is 0 Å². The van der Waals surface area contributed by atoms with E-state index in [1.165, 1.54) is 7.11 Å². The van der Waals surface area contributed by atoms with E-state index in [1.807, 2.05) is 12.1 Å². The second-order valence-electron chi connectivity index (χ2n) is 5.04. The minimum absolute atomic E-state index is 0.108. The van der Waals surface area contributed by atoms with Crippen LogP contribution in [0.2, 0.25) is 0 Å². The van der Waals surface area contributed by atoms with E-state index < -0.39 is 0 Å². The molecule has 0 saturated heterocycles. The second-order valence-corrected chi connectivity index (χ2v) is 5.04. The first-order valence-electron chi connectivity index (χ1n) is 6.84. The van der Waals surface area contributed by atoms with Gasteiger partial charge in [-0.3, -0.25) is 0 Å². The first kappa shape index (κ1) is 16.4. The molecule has 110 valence electrons. The number of aliphatic hydroxyl groups excluding tert-OH is 1. The van der Waals surface area contributed by atoms with Gasteiger partial charge < -0.3 is 14.6 Å². The lowest BCUT2D eigenvalue weighted by Crippen LogP contribution is -2.10. The van der Waals surface area contributed by atoms with Crippen molar-refractivity contribution < 1.29 is 19.4 Å². The van der Waals surface area contributed by atoms with E-state index in [0.717, 1.165) is 24.8 Å². The summed E-state index contributed by atoms with van der Waals surface area (Å²) in [6.07, 6.45) is 2.95.